The molecule has 2 aromatic rings. The lowest BCUT2D eigenvalue weighted by molar-refractivity contribution is -0.301. The minimum Gasteiger partial charge on any atom is -0.461 e. The largest absolute Gasteiger partial charge is 0.461 e. The number of esters is 5. The number of carbonyl (C=O) groups excluding carboxylic acids is 6. The highest BCUT2D eigenvalue weighted by Crippen LogP contribution is 2.85. The van der Waals surface area contributed by atoms with E-state index in [0.717, 1.165) is 0 Å². The van der Waals surface area contributed by atoms with Crippen LogP contribution in [0.3, 0.4) is 0 Å². The number of hydrogen-bond donors (Lipinski definition) is 1. The number of aliphatic hydroxyl groups excluding tert-OH is 1. The fourth-order valence-electron chi connectivity index (χ4n) is 12.7. The van der Waals surface area contributed by atoms with E-state index in [1.807, 2.05) is 4.90 Å². The molecule has 8 fully saturated rings. The smallest absolute Gasteiger partial charge is 0.338 e. The molecule has 15 atom stereocenters. The maximum absolute atomic E-state index is 14.0. The lowest BCUT2D eigenvalue weighted by Crippen LogP contribution is -2.79. The highest BCUT2D eigenvalue weighted by Gasteiger charge is 2.95. The molecule has 8 aliphatic rings. The molecule has 2 spiro atoms. The van der Waals surface area contributed by atoms with Crippen LogP contribution in [0.5, 0.6) is 0 Å². The van der Waals surface area contributed by atoms with Crippen LogP contribution in [0.4, 0.5) is 0 Å². The number of likely N-dealkylation sites (N-methyl/N-ethyl adjacent to an activating group) is 1. The summed E-state index contributed by atoms with van der Waals surface area (Å²) in [4.78, 5) is 83.0. The summed E-state index contributed by atoms with van der Waals surface area (Å²) in [5.74, 6) is -6.72. The van der Waals surface area contributed by atoms with E-state index in [1.54, 1.807) is 74.6 Å². The maximum Gasteiger partial charge on any atom is 0.338 e. The zero-order valence-corrected chi connectivity index (χ0v) is 30.6. The molecule has 3 unspecified atom stereocenters. The summed E-state index contributed by atoms with van der Waals surface area (Å²) in [7, 11) is 1.80. The number of carbonyl (C=O) groups is 6. The summed E-state index contributed by atoms with van der Waals surface area (Å²) >= 11 is 0. The third-order valence-corrected chi connectivity index (χ3v) is 13.7. The van der Waals surface area contributed by atoms with Gasteiger partial charge in [-0.2, -0.15) is 0 Å². The van der Waals surface area contributed by atoms with Gasteiger partial charge in [0.25, 0.3) is 0 Å². The van der Waals surface area contributed by atoms with Crippen LogP contribution in [0.25, 0.3) is 0 Å². The van der Waals surface area contributed by atoms with Gasteiger partial charge >= 0.3 is 29.8 Å². The first kappa shape index (κ1) is 36.1. The van der Waals surface area contributed by atoms with Gasteiger partial charge < -0.3 is 33.6 Å². The van der Waals surface area contributed by atoms with Gasteiger partial charge in [0.2, 0.25) is 0 Å². The second-order valence-electron chi connectivity index (χ2n) is 16.1. The van der Waals surface area contributed by atoms with Gasteiger partial charge in [-0.1, -0.05) is 48.6 Å². The van der Waals surface area contributed by atoms with Gasteiger partial charge in [-0.15, -0.1) is 0 Å². The van der Waals surface area contributed by atoms with Crippen LogP contribution in [-0.2, 0) is 42.9 Å². The van der Waals surface area contributed by atoms with Gasteiger partial charge in [0.05, 0.1) is 28.6 Å². The minimum atomic E-state index is -1.66. The number of benzene rings is 2. The van der Waals surface area contributed by atoms with Crippen LogP contribution in [0, 0.1) is 39.9 Å². The van der Waals surface area contributed by atoms with Crippen LogP contribution in [0.1, 0.15) is 54.8 Å². The van der Waals surface area contributed by atoms with E-state index in [0.29, 0.717) is 17.4 Å². The molecule has 13 nitrogen and oxygen atoms in total. The Morgan fingerprint density at radius 2 is 1.28 bits per heavy atom. The normalized spacial score (nSPS) is 42.1. The third kappa shape index (κ3) is 4.51. The lowest BCUT2D eigenvalue weighted by Gasteiger charge is -2.70. The molecule has 2 saturated heterocycles. The summed E-state index contributed by atoms with van der Waals surface area (Å²) in [5.41, 5.74) is -3.13. The molecule has 2 aliphatic heterocycles. The van der Waals surface area contributed by atoms with Crippen molar-refractivity contribution in [3.63, 3.8) is 0 Å². The van der Waals surface area contributed by atoms with Gasteiger partial charge in [-0.25, -0.2) is 9.59 Å². The predicted molar refractivity (Wildman–Crippen MR) is 186 cm³/mol. The lowest BCUT2D eigenvalue weighted by atomic mass is 9.37. The summed E-state index contributed by atoms with van der Waals surface area (Å²) in [6.45, 7) is 9.63. The van der Waals surface area contributed by atoms with E-state index in [1.165, 1.54) is 20.8 Å². The van der Waals surface area contributed by atoms with E-state index in [4.69, 9.17) is 23.7 Å². The zero-order chi connectivity index (χ0) is 38.6. The summed E-state index contributed by atoms with van der Waals surface area (Å²) in [6, 6.07) is 15.1. The van der Waals surface area contributed by atoms with Crippen molar-refractivity contribution in [3.05, 3.63) is 83.9 Å². The quantitative estimate of drug-likeness (QED) is 0.181. The van der Waals surface area contributed by atoms with Crippen molar-refractivity contribution in [1.82, 2.24) is 4.90 Å². The van der Waals surface area contributed by atoms with E-state index < -0.39 is 118 Å². The average molecular weight is 742 g/mol. The van der Waals surface area contributed by atoms with Crippen molar-refractivity contribution < 1.29 is 57.6 Å². The van der Waals surface area contributed by atoms with Crippen molar-refractivity contribution in [2.24, 2.45) is 39.9 Å². The second-order valence-corrected chi connectivity index (χ2v) is 16.1. The Morgan fingerprint density at radius 1 is 0.759 bits per heavy atom. The number of nitrogens with zero attached hydrogens (tertiary/aromatic N) is 1. The van der Waals surface area contributed by atoms with Crippen molar-refractivity contribution >= 4 is 36.1 Å². The Kier molecular flexibility index (Phi) is 8.24. The Bertz CT molecular complexity index is 1950. The number of aldehydes is 1. The van der Waals surface area contributed by atoms with Gasteiger partial charge in [0.1, 0.15) is 18.5 Å². The molecule has 6 saturated carbocycles. The van der Waals surface area contributed by atoms with Crippen molar-refractivity contribution in [3.8, 4) is 0 Å². The first-order chi connectivity index (χ1) is 25.7. The van der Waals surface area contributed by atoms with E-state index >= 15 is 0 Å². The summed E-state index contributed by atoms with van der Waals surface area (Å²) in [6.07, 6.45) is -6.72. The van der Waals surface area contributed by atoms with E-state index in [9.17, 15) is 33.9 Å². The van der Waals surface area contributed by atoms with Crippen molar-refractivity contribution in [1.29, 1.82) is 0 Å². The number of fused-ring (bicyclic) bond motifs is 1. The molecule has 54 heavy (non-hydrogen) atoms. The molecule has 2 aromatic carbocycles. The number of ether oxygens (including phenoxy) is 5. The van der Waals surface area contributed by atoms with Crippen molar-refractivity contribution in [2.75, 3.05) is 7.05 Å². The van der Waals surface area contributed by atoms with Crippen LogP contribution in [0.15, 0.2) is 72.8 Å². The molecule has 6 aliphatic carbocycles. The standard InChI is InChI=1S/C41H43NO12/c1-19-17-40-26-28(53-37(48)23-13-9-7-10-14-23)25(19)29(50-20(2)44)32(40)41-31(27(34(40)47)42(6)33(26)41)39(5,18-43)35(51-21(3)45)30(36(41)52-22(4)46)54-38(49)24-15-11-8-12-16-24/h7-16,18,25-36,47H,1,17H2,2-6H3/t25-,26?,27+,28-,29+,30?,31+,32+,33+,34+,35-,36?,39-,40-,41+/m0/s1. The molecule has 1 N–H and O–H groups in total. The molecular formula is C41H43NO12. The topological polar surface area (TPSA) is 172 Å². The predicted octanol–water partition coefficient (Wildman–Crippen LogP) is 2.93. The fourth-order valence-corrected chi connectivity index (χ4v) is 12.7. The van der Waals surface area contributed by atoms with Crippen LogP contribution >= 0.6 is 0 Å². The maximum atomic E-state index is 14.0. The summed E-state index contributed by atoms with van der Waals surface area (Å²) < 4.78 is 31.3. The van der Waals surface area contributed by atoms with Crippen LogP contribution < -0.4 is 0 Å². The SMILES string of the molecule is C=C1C[C@]23C4[C@@H](OC(=O)c5ccccc5)[C@H]1[C@@H](OC(C)=O)[C@H]2[C@]12C(OC(C)=O)C(OC(=O)c5ccccc5)[C@H](OC(C)=O)[C@@](C)(C=O)[C@H]1[C@H]([C@H]3O)N(C)[C@H]42. The van der Waals surface area contributed by atoms with E-state index in [-0.39, 0.29) is 12.0 Å². The third-order valence-electron chi connectivity index (χ3n) is 13.7. The monoisotopic (exact) mass is 741 g/mol. The molecule has 284 valence electrons. The number of rotatable bonds is 8. The first-order valence-corrected chi connectivity index (χ1v) is 18.2. The van der Waals surface area contributed by atoms with E-state index in [2.05, 4.69) is 6.58 Å². The second kappa shape index (κ2) is 12.3. The van der Waals surface area contributed by atoms with Gasteiger partial charge in [0, 0.05) is 61.4 Å². The Labute approximate surface area is 311 Å². The average Bonchev–Trinajstić information content (AvgIpc) is 3.46. The van der Waals surface area contributed by atoms with Gasteiger partial charge in [-0.3, -0.25) is 19.3 Å². The number of piperidine rings is 1. The molecule has 13 heteroatoms. The molecule has 10 rings (SSSR count). The minimum absolute atomic E-state index is 0.163. The molecule has 0 aromatic heterocycles. The van der Waals surface area contributed by atoms with Crippen LogP contribution in [-0.4, -0.2) is 102 Å². The Morgan fingerprint density at radius 3 is 1.80 bits per heavy atom. The fraction of sp³-hybridized carbons (Fsp3) is 0.512. The summed E-state index contributed by atoms with van der Waals surface area (Å²) in [5, 5.41) is 12.9. The molecule has 0 radical (unpaired) electrons. The Hall–Kier alpha value is -4.88. The molecule has 2 heterocycles. The van der Waals surface area contributed by atoms with Gasteiger partial charge in [-0.05, 0) is 44.7 Å². The zero-order valence-electron chi connectivity index (χ0n) is 30.6. The first-order valence-electron chi connectivity index (χ1n) is 18.2. The van der Waals surface area contributed by atoms with Crippen molar-refractivity contribution in [2.45, 2.75) is 82.8 Å². The number of hydrogen-bond acceptors (Lipinski definition) is 13. The highest BCUT2D eigenvalue weighted by atomic mass is 16.6. The molecule has 7 bridgehead atoms. The van der Waals surface area contributed by atoms with Gasteiger partial charge in [0.15, 0.2) is 18.3 Å². The molecular weight excluding hydrogens is 698 g/mol. The number of aliphatic hydroxyl groups is 1. The Balaban J connectivity index is 1.39. The molecule has 0 amide bonds. The van der Waals surface area contributed by atoms with Crippen LogP contribution in [0.2, 0.25) is 0 Å². The highest BCUT2D eigenvalue weighted by molar-refractivity contribution is 5.90.